The maximum atomic E-state index is 11.1. The van der Waals surface area contributed by atoms with Gasteiger partial charge in [0.05, 0.1) is 7.11 Å². The maximum Gasteiger partial charge on any atom is 0.322 e. The average Bonchev–Trinajstić information content (AvgIpc) is 2.20. The molecule has 0 bridgehead atoms. The highest BCUT2D eigenvalue weighted by Gasteiger charge is 2.14. The van der Waals surface area contributed by atoms with Crippen molar-refractivity contribution in [1.29, 1.82) is 0 Å². The summed E-state index contributed by atoms with van der Waals surface area (Å²) in [6.45, 7) is 2.00. The first-order valence-electron chi connectivity index (χ1n) is 4.53. The number of esters is 1. The fourth-order valence-electron chi connectivity index (χ4n) is 1.31. The molecule has 0 aliphatic carbocycles. The van der Waals surface area contributed by atoms with Crippen LogP contribution in [0.4, 0.5) is 0 Å². The van der Waals surface area contributed by atoms with Crippen molar-refractivity contribution < 1.29 is 9.53 Å². The van der Waals surface area contributed by atoms with Crippen LogP contribution in [-0.2, 0) is 16.0 Å². The van der Waals surface area contributed by atoms with Gasteiger partial charge >= 0.3 is 5.97 Å². The molecule has 0 aliphatic rings. The number of aryl methyl sites for hydroxylation is 1. The Hall–Kier alpha value is -1.06. The second kappa shape index (κ2) is 6.43. The molecule has 1 aromatic rings. The molecule has 0 amide bonds. The van der Waals surface area contributed by atoms with Gasteiger partial charge in [-0.2, -0.15) is 0 Å². The molecule has 0 radical (unpaired) electrons. The van der Waals surface area contributed by atoms with Crippen molar-refractivity contribution in [3.05, 3.63) is 35.4 Å². The minimum atomic E-state index is -0.568. The van der Waals surface area contributed by atoms with Gasteiger partial charge in [0.15, 0.2) is 0 Å². The molecule has 0 aliphatic heterocycles. The van der Waals surface area contributed by atoms with Crippen molar-refractivity contribution in [2.45, 2.75) is 19.4 Å². The lowest BCUT2D eigenvalue weighted by atomic mass is 10.0. The zero-order valence-corrected chi connectivity index (χ0v) is 9.71. The Morgan fingerprint density at radius 2 is 2.07 bits per heavy atom. The summed E-state index contributed by atoms with van der Waals surface area (Å²) in [6, 6.07) is 7.30. The van der Waals surface area contributed by atoms with Crippen LogP contribution in [0.2, 0.25) is 0 Å². The van der Waals surface area contributed by atoms with Crippen LogP contribution in [0.3, 0.4) is 0 Å². The third-order valence-corrected chi connectivity index (χ3v) is 2.21. The van der Waals surface area contributed by atoms with E-state index >= 15 is 0 Å². The zero-order valence-electron chi connectivity index (χ0n) is 8.90. The summed E-state index contributed by atoms with van der Waals surface area (Å²) in [7, 11) is 1.35. The summed E-state index contributed by atoms with van der Waals surface area (Å²) in [5, 5.41) is 0. The second-order valence-corrected chi connectivity index (χ2v) is 3.26. The Labute approximate surface area is 96.0 Å². The quantitative estimate of drug-likeness (QED) is 0.799. The van der Waals surface area contributed by atoms with Gasteiger partial charge < -0.3 is 10.5 Å². The number of methoxy groups -OCH3 is 1. The first kappa shape index (κ1) is 13.9. The van der Waals surface area contributed by atoms with Gasteiger partial charge in [-0.3, -0.25) is 4.79 Å². The van der Waals surface area contributed by atoms with Crippen molar-refractivity contribution in [3.8, 4) is 0 Å². The topological polar surface area (TPSA) is 52.3 Å². The van der Waals surface area contributed by atoms with Crippen LogP contribution in [-0.4, -0.2) is 19.1 Å². The minimum absolute atomic E-state index is 0. The van der Waals surface area contributed by atoms with Crippen LogP contribution in [0.15, 0.2) is 24.3 Å². The fourth-order valence-corrected chi connectivity index (χ4v) is 1.31. The Morgan fingerprint density at radius 3 is 2.60 bits per heavy atom. The largest absolute Gasteiger partial charge is 0.468 e. The molecule has 0 saturated carbocycles. The summed E-state index contributed by atoms with van der Waals surface area (Å²) in [5.41, 5.74) is 7.89. The molecule has 1 unspecified atom stereocenters. The predicted molar refractivity (Wildman–Crippen MR) is 62.1 cm³/mol. The number of ether oxygens (including phenoxy) is 1. The van der Waals surface area contributed by atoms with E-state index in [-0.39, 0.29) is 18.4 Å². The van der Waals surface area contributed by atoms with Crippen molar-refractivity contribution in [2.24, 2.45) is 5.73 Å². The van der Waals surface area contributed by atoms with E-state index in [2.05, 4.69) is 4.74 Å². The van der Waals surface area contributed by atoms with E-state index in [0.717, 1.165) is 11.1 Å². The molecular formula is C11H16ClNO2. The van der Waals surface area contributed by atoms with Crippen molar-refractivity contribution in [2.75, 3.05) is 7.11 Å². The standard InChI is InChI=1S/C11H15NO2.ClH/c1-8-5-3-4-6-9(8)7-10(12)11(13)14-2;/h3-6,10H,7,12H2,1-2H3;1H. The van der Waals surface area contributed by atoms with E-state index < -0.39 is 6.04 Å². The van der Waals surface area contributed by atoms with Gasteiger partial charge in [-0.1, -0.05) is 24.3 Å². The lowest BCUT2D eigenvalue weighted by Gasteiger charge is -2.10. The summed E-state index contributed by atoms with van der Waals surface area (Å²) >= 11 is 0. The normalized spacial score (nSPS) is 11.4. The molecule has 3 nitrogen and oxygen atoms in total. The Morgan fingerprint density at radius 1 is 1.47 bits per heavy atom. The zero-order chi connectivity index (χ0) is 10.6. The smallest absolute Gasteiger partial charge is 0.322 e. The lowest BCUT2D eigenvalue weighted by molar-refractivity contribution is -0.142. The van der Waals surface area contributed by atoms with Crippen LogP contribution < -0.4 is 5.73 Å². The van der Waals surface area contributed by atoms with Gasteiger partial charge in [-0.15, -0.1) is 12.4 Å². The number of halogens is 1. The maximum absolute atomic E-state index is 11.1. The predicted octanol–water partition coefficient (Wildman–Crippen LogP) is 1.46. The lowest BCUT2D eigenvalue weighted by Crippen LogP contribution is -2.33. The van der Waals surface area contributed by atoms with E-state index in [9.17, 15) is 4.79 Å². The molecule has 15 heavy (non-hydrogen) atoms. The molecule has 0 spiro atoms. The van der Waals surface area contributed by atoms with Gasteiger partial charge in [0, 0.05) is 0 Å². The monoisotopic (exact) mass is 229 g/mol. The molecule has 1 rings (SSSR count). The third-order valence-electron chi connectivity index (χ3n) is 2.21. The molecule has 4 heteroatoms. The Kier molecular flexibility index (Phi) is 5.97. The number of benzene rings is 1. The van der Waals surface area contributed by atoms with E-state index in [1.807, 2.05) is 31.2 Å². The molecule has 84 valence electrons. The van der Waals surface area contributed by atoms with Gasteiger partial charge in [0.25, 0.3) is 0 Å². The summed E-state index contributed by atoms with van der Waals surface area (Å²) in [4.78, 5) is 11.1. The van der Waals surface area contributed by atoms with Crippen LogP contribution in [0.5, 0.6) is 0 Å². The molecule has 0 heterocycles. The van der Waals surface area contributed by atoms with Crippen LogP contribution in [0, 0.1) is 6.92 Å². The SMILES string of the molecule is COC(=O)C(N)Cc1ccccc1C.Cl. The number of hydrogen-bond acceptors (Lipinski definition) is 3. The van der Waals surface area contributed by atoms with Crippen LogP contribution >= 0.6 is 12.4 Å². The fraction of sp³-hybridized carbons (Fsp3) is 0.364. The molecule has 0 aromatic heterocycles. The van der Waals surface area contributed by atoms with Crippen molar-refractivity contribution in [1.82, 2.24) is 0 Å². The number of carbonyl (C=O) groups excluding carboxylic acids is 1. The van der Waals surface area contributed by atoms with E-state index in [1.165, 1.54) is 7.11 Å². The van der Waals surface area contributed by atoms with E-state index in [1.54, 1.807) is 0 Å². The Balaban J connectivity index is 0.00000196. The number of rotatable bonds is 3. The first-order valence-corrected chi connectivity index (χ1v) is 4.53. The number of carbonyl (C=O) groups is 1. The van der Waals surface area contributed by atoms with E-state index in [0.29, 0.717) is 6.42 Å². The summed E-state index contributed by atoms with van der Waals surface area (Å²) in [5.74, 6) is -0.367. The van der Waals surface area contributed by atoms with Gasteiger partial charge in [0.2, 0.25) is 0 Å². The van der Waals surface area contributed by atoms with Crippen molar-refractivity contribution >= 4 is 18.4 Å². The first-order chi connectivity index (χ1) is 6.65. The molecule has 2 N–H and O–H groups in total. The molecule has 1 aromatic carbocycles. The highest BCUT2D eigenvalue weighted by molar-refractivity contribution is 5.85. The average molecular weight is 230 g/mol. The molecular weight excluding hydrogens is 214 g/mol. The highest BCUT2D eigenvalue weighted by atomic mass is 35.5. The number of hydrogen-bond donors (Lipinski definition) is 1. The number of nitrogens with two attached hydrogens (primary N) is 1. The van der Waals surface area contributed by atoms with E-state index in [4.69, 9.17) is 5.73 Å². The Bertz CT molecular complexity index is 328. The molecule has 0 fully saturated rings. The van der Waals surface area contributed by atoms with Gasteiger partial charge in [-0.05, 0) is 24.5 Å². The molecule has 0 saturated heterocycles. The highest BCUT2D eigenvalue weighted by Crippen LogP contribution is 2.09. The molecule has 1 atom stereocenters. The van der Waals surface area contributed by atoms with Crippen molar-refractivity contribution in [3.63, 3.8) is 0 Å². The van der Waals surface area contributed by atoms with Gasteiger partial charge in [0.1, 0.15) is 6.04 Å². The minimum Gasteiger partial charge on any atom is -0.468 e. The van der Waals surface area contributed by atoms with Crippen LogP contribution in [0.1, 0.15) is 11.1 Å². The van der Waals surface area contributed by atoms with Crippen LogP contribution in [0.25, 0.3) is 0 Å². The third kappa shape index (κ3) is 3.90. The van der Waals surface area contributed by atoms with Gasteiger partial charge in [-0.25, -0.2) is 0 Å². The summed E-state index contributed by atoms with van der Waals surface area (Å²) < 4.78 is 4.56. The summed E-state index contributed by atoms with van der Waals surface area (Å²) in [6.07, 6.45) is 0.527. The second-order valence-electron chi connectivity index (χ2n) is 3.26.